The molecule has 0 heterocycles. The number of hydrogen-bond acceptors (Lipinski definition) is 3. The van der Waals surface area contributed by atoms with E-state index in [4.69, 9.17) is 0 Å². The van der Waals surface area contributed by atoms with E-state index in [0.29, 0.717) is 12.8 Å². The highest BCUT2D eigenvalue weighted by atomic mass is 16.3. The minimum absolute atomic E-state index is 0.159. The van der Waals surface area contributed by atoms with E-state index in [1.165, 1.54) is 116 Å². The van der Waals surface area contributed by atoms with Crippen LogP contribution in [0.15, 0.2) is 97.2 Å². The number of aliphatic hydroxyl groups excluding tert-OH is 2. The zero-order valence-electron chi connectivity index (χ0n) is 35.9. The number of hydrogen-bond donors (Lipinski definition) is 3. The maximum atomic E-state index is 12.3. The van der Waals surface area contributed by atoms with Crippen LogP contribution in [-0.2, 0) is 4.79 Å². The van der Waals surface area contributed by atoms with Crippen LogP contribution in [0.1, 0.15) is 200 Å². The first kappa shape index (κ1) is 52.3. The second-order valence-electron chi connectivity index (χ2n) is 15.1. The van der Waals surface area contributed by atoms with Gasteiger partial charge in [0, 0.05) is 6.42 Å². The summed E-state index contributed by atoms with van der Waals surface area (Å²) in [5.74, 6) is -0.159. The number of rotatable bonds is 40. The van der Waals surface area contributed by atoms with Gasteiger partial charge in [0.15, 0.2) is 0 Å². The third kappa shape index (κ3) is 42.3. The number of carbonyl (C=O) groups is 1. The Morgan fingerprint density at radius 1 is 0.455 bits per heavy atom. The van der Waals surface area contributed by atoms with Crippen LogP contribution in [-0.4, -0.2) is 34.9 Å². The molecule has 4 nitrogen and oxygen atoms in total. The molecule has 0 radical (unpaired) electrons. The monoisotopic (exact) mass is 762 g/mol. The van der Waals surface area contributed by atoms with Crippen molar-refractivity contribution in [2.45, 2.75) is 212 Å². The van der Waals surface area contributed by atoms with E-state index in [1.807, 2.05) is 12.2 Å². The number of allylic oxidation sites excluding steroid dienone is 15. The number of nitrogens with one attached hydrogen (secondary N) is 1. The Bertz CT molecular complexity index is 1050. The van der Waals surface area contributed by atoms with Crippen LogP contribution in [0, 0.1) is 0 Å². The molecule has 55 heavy (non-hydrogen) atoms. The Morgan fingerprint density at radius 2 is 0.818 bits per heavy atom. The first-order valence-electron chi connectivity index (χ1n) is 23.0. The van der Waals surface area contributed by atoms with Crippen LogP contribution < -0.4 is 5.32 Å². The van der Waals surface area contributed by atoms with E-state index < -0.39 is 12.1 Å². The van der Waals surface area contributed by atoms with Crippen LogP contribution in [0.5, 0.6) is 0 Å². The van der Waals surface area contributed by atoms with E-state index in [0.717, 1.165) is 57.8 Å². The summed E-state index contributed by atoms with van der Waals surface area (Å²) in [6.45, 7) is 4.15. The van der Waals surface area contributed by atoms with Crippen molar-refractivity contribution in [3.05, 3.63) is 97.2 Å². The average molecular weight is 762 g/mol. The zero-order chi connectivity index (χ0) is 40.0. The molecule has 0 bridgehead atoms. The summed E-state index contributed by atoms with van der Waals surface area (Å²) in [5.41, 5.74) is 0. The molecule has 0 aromatic rings. The van der Waals surface area contributed by atoms with Crippen LogP contribution in [0.25, 0.3) is 0 Å². The fourth-order valence-corrected chi connectivity index (χ4v) is 6.33. The van der Waals surface area contributed by atoms with Crippen LogP contribution >= 0.6 is 0 Å². The molecule has 0 aliphatic rings. The summed E-state index contributed by atoms with van der Waals surface area (Å²) in [5, 5.41) is 22.9. The summed E-state index contributed by atoms with van der Waals surface area (Å²) in [6, 6.07) is -0.686. The van der Waals surface area contributed by atoms with E-state index in [9.17, 15) is 15.0 Å². The Balaban J connectivity index is 3.73. The fraction of sp³-hybridized carbons (Fsp3) is 0.667. The molecule has 0 saturated carbocycles. The molecule has 314 valence electrons. The van der Waals surface area contributed by atoms with Crippen LogP contribution in [0.3, 0.4) is 0 Å². The molecule has 0 aliphatic heterocycles. The standard InChI is InChI=1S/C51H87NO3/c1-3-5-7-9-11-13-15-17-19-21-23-24-25-26-27-29-30-32-34-36-38-40-42-44-46-50(54)49(48-53)52-51(55)47-45-43-41-39-37-35-33-31-28-22-20-18-16-14-12-10-8-6-4-2/h6,8,12,14,18,20,28,31,35-38,41,43-44,46,49-50,53-54H,3-5,7,9-11,13,15-17,19,21-27,29-30,32-34,39-40,42,45,47-48H2,1-2H3,(H,52,55)/b8-6-,14-12-,20-18-,31-28-,37-35-,38-36+,43-41-,46-44+. The molecule has 0 aliphatic carbocycles. The van der Waals surface area contributed by atoms with Crippen molar-refractivity contribution >= 4 is 5.91 Å². The third-order valence-corrected chi connectivity index (χ3v) is 9.81. The molecule has 0 fully saturated rings. The van der Waals surface area contributed by atoms with Gasteiger partial charge in [-0.2, -0.15) is 0 Å². The van der Waals surface area contributed by atoms with Crippen molar-refractivity contribution in [3.63, 3.8) is 0 Å². The average Bonchev–Trinajstić information content (AvgIpc) is 3.19. The van der Waals surface area contributed by atoms with Gasteiger partial charge in [-0.1, -0.05) is 220 Å². The molecule has 0 saturated heterocycles. The molecule has 3 N–H and O–H groups in total. The summed E-state index contributed by atoms with van der Waals surface area (Å²) in [7, 11) is 0. The highest BCUT2D eigenvalue weighted by Gasteiger charge is 2.17. The normalized spacial score (nSPS) is 13.9. The summed E-state index contributed by atoms with van der Waals surface area (Å²) >= 11 is 0. The summed E-state index contributed by atoms with van der Waals surface area (Å²) < 4.78 is 0. The Kier molecular flexibility index (Phi) is 43.5. The van der Waals surface area contributed by atoms with Gasteiger partial charge in [-0.05, 0) is 70.6 Å². The molecule has 0 aromatic heterocycles. The van der Waals surface area contributed by atoms with Gasteiger partial charge in [-0.25, -0.2) is 0 Å². The van der Waals surface area contributed by atoms with Crippen molar-refractivity contribution in [2.75, 3.05) is 6.61 Å². The van der Waals surface area contributed by atoms with Gasteiger partial charge in [0.1, 0.15) is 0 Å². The number of aliphatic hydroxyl groups is 2. The molecular weight excluding hydrogens is 675 g/mol. The molecule has 0 aromatic carbocycles. The highest BCUT2D eigenvalue weighted by Crippen LogP contribution is 2.15. The predicted octanol–water partition coefficient (Wildman–Crippen LogP) is 14.6. The summed E-state index contributed by atoms with van der Waals surface area (Å²) in [4.78, 5) is 12.3. The number of carbonyl (C=O) groups excluding carboxylic acids is 1. The highest BCUT2D eigenvalue weighted by molar-refractivity contribution is 5.76. The minimum atomic E-state index is -0.900. The smallest absolute Gasteiger partial charge is 0.220 e. The van der Waals surface area contributed by atoms with Crippen molar-refractivity contribution in [3.8, 4) is 0 Å². The van der Waals surface area contributed by atoms with Gasteiger partial charge in [0.25, 0.3) is 0 Å². The van der Waals surface area contributed by atoms with Crippen LogP contribution in [0.4, 0.5) is 0 Å². The van der Waals surface area contributed by atoms with Gasteiger partial charge in [0.2, 0.25) is 5.91 Å². The largest absolute Gasteiger partial charge is 0.394 e. The van der Waals surface area contributed by atoms with Gasteiger partial charge in [-0.3, -0.25) is 4.79 Å². The lowest BCUT2D eigenvalue weighted by Crippen LogP contribution is -2.45. The van der Waals surface area contributed by atoms with E-state index in [-0.39, 0.29) is 12.5 Å². The van der Waals surface area contributed by atoms with Crippen molar-refractivity contribution in [1.29, 1.82) is 0 Å². The Morgan fingerprint density at radius 3 is 1.25 bits per heavy atom. The predicted molar refractivity (Wildman–Crippen MR) is 243 cm³/mol. The fourth-order valence-electron chi connectivity index (χ4n) is 6.33. The van der Waals surface area contributed by atoms with E-state index >= 15 is 0 Å². The SMILES string of the molecule is CC/C=C\C/C=C\C/C=C\C/C=C\C/C=C\C/C=C\CCC(=O)NC(CO)C(O)/C=C/CC/C=C/CCCCCCCCCCCCCCCCCCCC. The molecule has 2 atom stereocenters. The lowest BCUT2D eigenvalue weighted by molar-refractivity contribution is -0.122. The van der Waals surface area contributed by atoms with Gasteiger partial charge in [0.05, 0.1) is 18.8 Å². The van der Waals surface area contributed by atoms with Gasteiger partial charge in [-0.15, -0.1) is 0 Å². The lowest BCUT2D eigenvalue weighted by Gasteiger charge is -2.19. The van der Waals surface area contributed by atoms with E-state index in [2.05, 4.69) is 98.2 Å². The second-order valence-corrected chi connectivity index (χ2v) is 15.1. The van der Waals surface area contributed by atoms with Crippen molar-refractivity contribution in [2.24, 2.45) is 0 Å². The zero-order valence-corrected chi connectivity index (χ0v) is 35.9. The molecule has 4 heteroatoms. The summed E-state index contributed by atoms with van der Waals surface area (Å²) in [6.07, 6.45) is 68.2. The molecular formula is C51H87NO3. The van der Waals surface area contributed by atoms with Crippen molar-refractivity contribution < 1.29 is 15.0 Å². The van der Waals surface area contributed by atoms with Crippen molar-refractivity contribution in [1.82, 2.24) is 5.32 Å². The minimum Gasteiger partial charge on any atom is -0.394 e. The number of amides is 1. The molecule has 0 rings (SSSR count). The molecule has 1 amide bonds. The lowest BCUT2D eigenvalue weighted by atomic mass is 10.0. The number of unbranched alkanes of at least 4 members (excludes halogenated alkanes) is 19. The third-order valence-electron chi connectivity index (χ3n) is 9.81. The first-order valence-corrected chi connectivity index (χ1v) is 23.0. The van der Waals surface area contributed by atoms with Crippen LogP contribution in [0.2, 0.25) is 0 Å². The first-order chi connectivity index (χ1) is 27.2. The topological polar surface area (TPSA) is 69.6 Å². The quantitative estimate of drug-likeness (QED) is 0.0430. The molecule has 2 unspecified atom stereocenters. The van der Waals surface area contributed by atoms with E-state index in [1.54, 1.807) is 6.08 Å². The maximum Gasteiger partial charge on any atom is 0.220 e. The molecule has 0 spiro atoms. The van der Waals surface area contributed by atoms with Gasteiger partial charge < -0.3 is 15.5 Å². The maximum absolute atomic E-state index is 12.3. The Hall–Kier alpha value is -2.69. The van der Waals surface area contributed by atoms with Gasteiger partial charge >= 0.3 is 0 Å². The Labute approximate surface area is 341 Å². The second kappa shape index (κ2) is 45.7.